The molecule has 2 rings (SSSR count). The van der Waals surface area contributed by atoms with Crippen LogP contribution in [0.4, 0.5) is 0 Å². The predicted octanol–water partition coefficient (Wildman–Crippen LogP) is 3.52. The quantitative estimate of drug-likeness (QED) is 0.831. The average Bonchev–Trinajstić information content (AvgIpc) is 2.70. The summed E-state index contributed by atoms with van der Waals surface area (Å²) in [7, 11) is 0. The molecule has 1 atom stereocenters. The largest absolute Gasteiger partial charge is 0.508 e. The van der Waals surface area contributed by atoms with E-state index < -0.39 is 0 Å². The molecule has 0 aromatic heterocycles. The molecule has 0 aliphatic heterocycles. The third-order valence-electron chi connectivity index (χ3n) is 2.95. The first kappa shape index (κ1) is 11.7. The summed E-state index contributed by atoms with van der Waals surface area (Å²) in [6.07, 6.45) is 6.57. The molecule has 0 saturated carbocycles. The maximum Gasteiger partial charge on any atom is 0.121 e. The van der Waals surface area contributed by atoms with E-state index in [1.807, 2.05) is 12.1 Å². The Hall–Kier alpha value is -0.800. The fraction of sp³-hybridized carbons (Fsp3) is 0.385. The van der Waals surface area contributed by atoms with Crippen molar-refractivity contribution in [2.45, 2.75) is 31.8 Å². The first-order valence-corrected chi connectivity index (χ1v) is 6.35. The molecule has 0 heterocycles. The fourth-order valence-electron chi connectivity index (χ4n) is 2.08. The van der Waals surface area contributed by atoms with E-state index >= 15 is 0 Å². The molecule has 1 aromatic carbocycles. The van der Waals surface area contributed by atoms with Crippen LogP contribution in [0.3, 0.4) is 0 Å². The van der Waals surface area contributed by atoms with Gasteiger partial charge in [0.1, 0.15) is 5.75 Å². The molecule has 1 aromatic rings. The normalized spacial score (nSPS) is 17.9. The second kappa shape index (κ2) is 5.02. The lowest BCUT2D eigenvalue weighted by molar-refractivity contribution is 0.431. The van der Waals surface area contributed by atoms with Crippen LogP contribution in [0.2, 0.25) is 0 Å². The number of phenolic OH excluding ortho intramolecular Hbond substituents is 1. The highest BCUT2D eigenvalue weighted by molar-refractivity contribution is 9.10. The lowest BCUT2D eigenvalue weighted by Crippen LogP contribution is -2.29. The Labute approximate surface area is 105 Å². The van der Waals surface area contributed by atoms with Crippen LogP contribution in [0.25, 0.3) is 0 Å². The van der Waals surface area contributed by atoms with Crippen LogP contribution in [0.15, 0.2) is 34.8 Å². The predicted molar refractivity (Wildman–Crippen MR) is 69.5 cm³/mol. The maximum atomic E-state index is 9.85. The molecule has 1 aliphatic rings. The Morgan fingerprint density at radius 3 is 2.69 bits per heavy atom. The number of hydrogen-bond acceptors (Lipinski definition) is 2. The zero-order valence-electron chi connectivity index (χ0n) is 9.28. The zero-order valence-corrected chi connectivity index (χ0v) is 10.9. The van der Waals surface area contributed by atoms with E-state index in [9.17, 15) is 5.11 Å². The number of nitrogens with one attached hydrogen (secondary N) is 1. The van der Waals surface area contributed by atoms with Crippen LogP contribution in [-0.4, -0.2) is 11.1 Å². The molecule has 0 spiro atoms. The van der Waals surface area contributed by atoms with Crippen LogP contribution >= 0.6 is 15.9 Å². The van der Waals surface area contributed by atoms with Crippen LogP contribution in [0, 0.1) is 0 Å². The first-order chi connectivity index (χ1) is 7.66. The lowest BCUT2D eigenvalue weighted by atomic mass is 10.1. The molecule has 1 aliphatic carbocycles. The minimum atomic E-state index is 0.179. The number of rotatable bonds is 3. The second-order valence-electron chi connectivity index (χ2n) is 4.23. The molecule has 0 fully saturated rings. The molecule has 16 heavy (non-hydrogen) atoms. The first-order valence-electron chi connectivity index (χ1n) is 5.56. The lowest BCUT2D eigenvalue weighted by Gasteiger charge is -2.20. The third kappa shape index (κ3) is 2.66. The van der Waals surface area contributed by atoms with Gasteiger partial charge in [-0.05, 0) is 31.9 Å². The van der Waals surface area contributed by atoms with Gasteiger partial charge in [-0.1, -0.05) is 34.1 Å². The molecule has 0 saturated heterocycles. The Kier molecular flexibility index (Phi) is 3.66. The van der Waals surface area contributed by atoms with Gasteiger partial charge < -0.3 is 10.4 Å². The summed E-state index contributed by atoms with van der Waals surface area (Å²) in [6, 6.07) is 6.34. The van der Waals surface area contributed by atoms with Crippen molar-refractivity contribution in [1.82, 2.24) is 5.32 Å². The van der Waals surface area contributed by atoms with E-state index in [0.29, 0.717) is 11.8 Å². The summed E-state index contributed by atoms with van der Waals surface area (Å²) >= 11 is 3.34. The van der Waals surface area contributed by atoms with Gasteiger partial charge in [-0.15, -0.1) is 0 Å². The molecular formula is C13H16BrNO. The molecule has 86 valence electrons. The molecule has 2 nitrogen and oxygen atoms in total. The standard InChI is InChI=1S/C13H16BrNO/c1-9(15-11-4-2-3-5-11)12-7-6-10(14)8-13(12)16/h2-3,6-9,11,15-16H,4-5H2,1H3. The highest BCUT2D eigenvalue weighted by Crippen LogP contribution is 2.28. The van der Waals surface area contributed by atoms with Crippen LogP contribution in [0.1, 0.15) is 31.4 Å². The SMILES string of the molecule is CC(NC1CC=CC1)c1ccc(Br)cc1O. The van der Waals surface area contributed by atoms with Crippen molar-refractivity contribution < 1.29 is 5.11 Å². The monoisotopic (exact) mass is 281 g/mol. The maximum absolute atomic E-state index is 9.85. The van der Waals surface area contributed by atoms with Gasteiger partial charge in [0.05, 0.1) is 0 Å². The van der Waals surface area contributed by atoms with Crippen molar-refractivity contribution in [2.24, 2.45) is 0 Å². The second-order valence-corrected chi connectivity index (χ2v) is 5.15. The van der Waals surface area contributed by atoms with Gasteiger partial charge >= 0.3 is 0 Å². The number of phenols is 1. The Morgan fingerprint density at radius 2 is 2.06 bits per heavy atom. The average molecular weight is 282 g/mol. The third-order valence-corrected chi connectivity index (χ3v) is 3.45. The molecular weight excluding hydrogens is 266 g/mol. The van der Waals surface area contributed by atoms with Gasteiger partial charge in [-0.2, -0.15) is 0 Å². The van der Waals surface area contributed by atoms with Gasteiger partial charge in [0.15, 0.2) is 0 Å². The van der Waals surface area contributed by atoms with Crippen molar-refractivity contribution in [2.75, 3.05) is 0 Å². The topological polar surface area (TPSA) is 32.3 Å². The van der Waals surface area contributed by atoms with Crippen LogP contribution < -0.4 is 5.32 Å². The smallest absolute Gasteiger partial charge is 0.121 e. The van der Waals surface area contributed by atoms with Crippen molar-refractivity contribution in [1.29, 1.82) is 0 Å². The van der Waals surface area contributed by atoms with Crippen LogP contribution in [-0.2, 0) is 0 Å². The van der Waals surface area contributed by atoms with E-state index in [1.165, 1.54) is 0 Å². The van der Waals surface area contributed by atoms with Crippen molar-refractivity contribution >= 4 is 15.9 Å². The van der Waals surface area contributed by atoms with E-state index in [1.54, 1.807) is 6.07 Å². The molecule has 2 N–H and O–H groups in total. The van der Waals surface area contributed by atoms with Gasteiger partial charge in [0.2, 0.25) is 0 Å². The Bertz CT molecular complexity index is 395. The summed E-state index contributed by atoms with van der Waals surface area (Å²) < 4.78 is 0.906. The minimum absolute atomic E-state index is 0.179. The van der Waals surface area contributed by atoms with E-state index in [2.05, 4.69) is 40.3 Å². The minimum Gasteiger partial charge on any atom is -0.508 e. The summed E-state index contributed by atoms with van der Waals surface area (Å²) in [5.74, 6) is 0.348. The summed E-state index contributed by atoms with van der Waals surface area (Å²) in [4.78, 5) is 0. The van der Waals surface area contributed by atoms with Gasteiger partial charge in [0, 0.05) is 22.1 Å². The summed E-state index contributed by atoms with van der Waals surface area (Å²) in [5, 5.41) is 13.4. The molecule has 1 unspecified atom stereocenters. The highest BCUT2D eigenvalue weighted by Gasteiger charge is 2.16. The molecule has 0 bridgehead atoms. The van der Waals surface area contributed by atoms with Crippen molar-refractivity contribution in [3.63, 3.8) is 0 Å². The number of aromatic hydroxyl groups is 1. The zero-order chi connectivity index (χ0) is 11.5. The number of halogens is 1. The van der Waals surface area contributed by atoms with Crippen molar-refractivity contribution in [3.8, 4) is 5.75 Å². The molecule has 0 amide bonds. The van der Waals surface area contributed by atoms with Crippen LogP contribution in [0.5, 0.6) is 5.75 Å². The number of hydrogen-bond donors (Lipinski definition) is 2. The van der Waals surface area contributed by atoms with Crippen molar-refractivity contribution in [3.05, 3.63) is 40.4 Å². The molecule has 3 heteroatoms. The van der Waals surface area contributed by atoms with E-state index in [4.69, 9.17) is 0 Å². The summed E-state index contributed by atoms with van der Waals surface area (Å²) in [5.41, 5.74) is 0.954. The van der Waals surface area contributed by atoms with Gasteiger partial charge in [-0.25, -0.2) is 0 Å². The summed E-state index contributed by atoms with van der Waals surface area (Å²) in [6.45, 7) is 2.08. The Morgan fingerprint density at radius 1 is 1.38 bits per heavy atom. The van der Waals surface area contributed by atoms with E-state index in [-0.39, 0.29) is 6.04 Å². The Balaban J connectivity index is 2.05. The fourth-order valence-corrected chi connectivity index (χ4v) is 2.43. The molecule has 0 radical (unpaired) electrons. The highest BCUT2D eigenvalue weighted by atomic mass is 79.9. The van der Waals surface area contributed by atoms with E-state index in [0.717, 1.165) is 22.9 Å². The van der Waals surface area contributed by atoms with Gasteiger partial charge in [-0.3, -0.25) is 0 Å². The van der Waals surface area contributed by atoms with Gasteiger partial charge in [0.25, 0.3) is 0 Å². The number of benzene rings is 1.